The van der Waals surface area contributed by atoms with Gasteiger partial charge >= 0.3 is 0 Å². The summed E-state index contributed by atoms with van der Waals surface area (Å²) in [6.07, 6.45) is 15.1. The van der Waals surface area contributed by atoms with E-state index in [1.165, 1.54) is 102 Å². The average Bonchev–Trinajstić information content (AvgIpc) is 3.89. The van der Waals surface area contributed by atoms with Crippen molar-refractivity contribution in [1.29, 1.82) is 0 Å². The predicted molar refractivity (Wildman–Crippen MR) is 202 cm³/mol. The first-order valence-electron chi connectivity index (χ1n) is 20.2. The van der Waals surface area contributed by atoms with Crippen LogP contribution < -0.4 is 0 Å². The highest BCUT2D eigenvalue weighted by molar-refractivity contribution is 5.87. The highest BCUT2D eigenvalue weighted by Crippen LogP contribution is 2.67. The van der Waals surface area contributed by atoms with Crippen molar-refractivity contribution in [3.05, 3.63) is 69.8 Å². The van der Waals surface area contributed by atoms with Gasteiger partial charge in [0.15, 0.2) is 0 Å². The Morgan fingerprint density at radius 1 is 0.720 bits per heavy atom. The number of fused-ring (bicyclic) bond motifs is 4. The van der Waals surface area contributed by atoms with Crippen LogP contribution in [-0.2, 0) is 28.5 Å². The van der Waals surface area contributed by atoms with Crippen LogP contribution in [-0.4, -0.2) is 65.1 Å². The smallest absolute Gasteiger partial charge is 0.137 e. The zero-order valence-electron chi connectivity index (χ0n) is 29.4. The summed E-state index contributed by atoms with van der Waals surface area (Å²) in [6.45, 7) is 9.59. The quantitative estimate of drug-likeness (QED) is 0.356. The maximum atomic E-state index is 12.7. The molecular weight excluding hydrogens is 613 g/mol. The van der Waals surface area contributed by atoms with Crippen LogP contribution in [0.4, 0.5) is 0 Å². The Morgan fingerprint density at radius 3 is 1.84 bits per heavy atom. The van der Waals surface area contributed by atoms with Crippen molar-refractivity contribution < 1.29 is 9.90 Å². The van der Waals surface area contributed by atoms with Gasteiger partial charge in [-0.3, -0.25) is 14.6 Å². The fourth-order valence-electron chi connectivity index (χ4n) is 13.6. The van der Waals surface area contributed by atoms with Crippen LogP contribution in [0.15, 0.2) is 36.4 Å². The van der Waals surface area contributed by atoms with Crippen molar-refractivity contribution in [2.45, 2.75) is 135 Å². The van der Waals surface area contributed by atoms with E-state index in [0.717, 1.165) is 48.5 Å². The number of hydrogen-bond acceptors (Lipinski definition) is 4. The standard InChI is InChI=1S/C22H29NO.C22H27NO.2CH4/c2*1-13-2-5-15-9-19-21-17-10-16(17)20(24)11-22(21,18(15)8-13)6-7-23(19)12-14-3-4-14;;/h2,5,8,14,16-17,19-21,24H,3-4,6-7,9-12H2,1H3;2,5,8,14,16-17,19,21H,3-4,6-7,9-12H2,1H3;2*1H4/t16?,17?,19-,20?,21?,22-;16?,17?,19-,21?,22-;;/m11../s1. The molecule has 0 aromatic heterocycles. The first-order valence-corrected chi connectivity index (χ1v) is 20.2. The van der Waals surface area contributed by atoms with Crippen LogP contribution in [0.3, 0.4) is 0 Å². The van der Waals surface area contributed by atoms with E-state index >= 15 is 0 Å². The number of nitrogens with zero attached hydrogens (tertiary/aromatic N) is 2. The highest BCUT2D eigenvalue weighted by Gasteiger charge is 2.67. The molecule has 2 aliphatic heterocycles. The van der Waals surface area contributed by atoms with Crippen molar-refractivity contribution in [2.24, 2.45) is 47.3 Å². The molecule has 0 amide bonds. The molecular formula is C46H64N2O2. The Kier molecular flexibility index (Phi) is 7.94. The first-order chi connectivity index (χ1) is 23.3. The van der Waals surface area contributed by atoms with Gasteiger partial charge in [0, 0.05) is 48.3 Å². The Labute approximate surface area is 302 Å². The molecule has 12 rings (SSSR count). The number of piperidine rings is 2. The predicted octanol–water partition coefficient (Wildman–Crippen LogP) is 8.06. The van der Waals surface area contributed by atoms with Gasteiger partial charge < -0.3 is 5.11 Å². The normalized spacial score (nSPS) is 42.7. The van der Waals surface area contributed by atoms with Gasteiger partial charge in [0.1, 0.15) is 5.78 Å². The third-order valence-electron chi connectivity index (χ3n) is 16.2. The van der Waals surface area contributed by atoms with E-state index < -0.39 is 0 Å². The number of likely N-dealkylation sites (tertiary alicyclic amines) is 2. The molecule has 1 N–H and O–H groups in total. The Bertz CT molecular complexity index is 1680. The zero-order chi connectivity index (χ0) is 32.1. The summed E-state index contributed by atoms with van der Waals surface area (Å²) in [5.41, 5.74) is 9.55. The van der Waals surface area contributed by atoms with E-state index in [4.69, 9.17) is 0 Å². The number of rotatable bonds is 4. The number of ketones is 1. The number of carbonyl (C=O) groups is 1. The molecule has 4 heteroatoms. The largest absolute Gasteiger partial charge is 0.393 e. The average molecular weight is 677 g/mol. The molecule has 6 saturated carbocycles. The lowest BCUT2D eigenvalue weighted by atomic mass is 9.51. The Balaban J connectivity index is 0.000000129. The van der Waals surface area contributed by atoms with Gasteiger partial charge in [-0.1, -0.05) is 62.4 Å². The summed E-state index contributed by atoms with van der Waals surface area (Å²) in [4.78, 5) is 18.4. The van der Waals surface area contributed by atoms with Crippen LogP contribution >= 0.6 is 0 Å². The lowest BCUT2D eigenvalue weighted by Gasteiger charge is -2.60. The molecule has 8 aliphatic carbocycles. The SMILES string of the molecule is C.C.Cc1ccc2c(c1)[C@]13CCN(CC4CC4)[C@H](C2)C1C1CC1C(=O)C3.Cc1ccc2c(c1)[C@]13CCN(CC4CC4)[C@H](C2)C1C1CC1C(O)C3. The van der Waals surface area contributed by atoms with Crippen LogP contribution in [0, 0.1) is 61.2 Å². The zero-order valence-corrected chi connectivity index (χ0v) is 29.4. The fourth-order valence-corrected chi connectivity index (χ4v) is 13.6. The van der Waals surface area contributed by atoms with Crippen molar-refractivity contribution in [3.8, 4) is 0 Å². The summed E-state index contributed by atoms with van der Waals surface area (Å²) in [5, 5.41) is 10.8. The number of aliphatic hydroxyl groups is 1. The van der Waals surface area contributed by atoms with Crippen LogP contribution in [0.5, 0.6) is 0 Å². The number of aryl methyl sites for hydroxylation is 2. The molecule has 50 heavy (non-hydrogen) atoms. The maximum absolute atomic E-state index is 12.7. The van der Waals surface area contributed by atoms with Gasteiger partial charge in [0.05, 0.1) is 6.10 Å². The van der Waals surface area contributed by atoms with Crippen LogP contribution in [0.1, 0.15) is 112 Å². The number of Topliss-reactive ketones (excluding diaryl/α,β-unsaturated/α-hetero) is 1. The molecule has 2 aromatic carbocycles. The third kappa shape index (κ3) is 5.03. The number of hydrogen-bond donors (Lipinski definition) is 1. The summed E-state index contributed by atoms with van der Waals surface area (Å²) >= 11 is 0. The lowest BCUT2D eigenvalue weighted by molar-refractivity contribution is -0.128. The number of aliphatic hydroxyl groups excluding tert-OH is 1. The van der Waals surface area contributed by atoms with Crippen molar-refractivity contribution in [3.63, 3.8) is 0 Å². The third-order valence-corrected chi connectivity index (χ3v) is 16.2. The second-order valence-electron chi connectivity index (χ2n) is 19.1. The molecule has 4 nitrogen and oxygen atoms in total. The molecule has 2 saturated heterocycles. The molecule has 270 valence electrons. The minimum absolute atomic E-state index is 0. The summed E-state index contributed by atoms with van der Waals surface area (Å²) in [5.74, 6) is 6.66. The molecule has 4 bridgehead atoms. The van der Waals surface area contributed by atoms with E-state index in [1.54, 1.807) is 22.3 Å². The van der Waals surface area contributed by atoms with E-state index in [9.17, 15) is 9.90 Å². The minimum Gasteiger partial charge on any atom is -0.393 e. The molecule has 8 fully saturated rings. The summed E-state index contributed by atoms with van der Waals surface area (Å²) < 4.78 is 0. The van der Waals surface area contributed by atoms with Gasteiger partial charge in [-0.15, -0.1) is 0 Å². The molecule has 10 aliphatic rings. The van der Waals surface area contributed by atoms with Gasteiger partial charge in [0.25, 0.3) is 0 Å². The molecule has 0 radical (unpaired) electrons. The summed E-state index contributed by atoms with van der Waals surface area (Å²) in [6, 6.07) is 15.7. The van der Waals surface area contributed by atoms with Gasteiger partial charge in [-0.2, -0.15) is 0 Å². The van der Waals surface area contributed by atoms with Crippen molar-refractivity contribution in [2.75, 3.05) is 26.2 Å². The maximum Gasteiger partial charge on any atom is 0.137 e. The fraction of sp³-hybridized carbons (Fsp3) is 0.717. The Morgan fingerprint density at radius 2 is 1.26 bits per heavy atom. The van der Waals surface area contributed by atoms with Gasteiger partial charge in [0.2, 0.25) is 0 Å². The summed E-state index contributed by atoms with van der Waals surface area (Å²) in [7, 11) is 0. The molecule has 2 aromatic rings. The molecule has 7 unspecified atom stereocenters. The van der Waals surface area contributed by atoms with E-state index in [-0.39, 0.29) is 31.8 Å². The second-order valence-corrected chi connectivity index (χ2v) is 19.1. The van der Waals surface area contributed by atoms with Gasteiger partial charge in [-0.25, -0.2) is 0 Å². The second kappa shape index (κ2) is 11.7. The Hall–Kier alpha value is -2.01. The van der Waals surface area contributed by atoms with E-state index in [2.05, 4.69) is 60.0 Å². The first kappa shape index (κ1) is 33.8. The molecule has 2 heterocycles. The van der Waals surface area contributed by atoms with Crippen LogP contribution in [0.25, 0.3) is 0 Å². The van der Waals surface area contributed by atoms with Crippen LogP contribution in [0.2, 0.25) is 0 Å². The highest BCUT2D eigenvalue weighted by atomic mass is 16.3. The van der Waals surface area contributed by atoms with Gasteiger partial charge in [-0.05, 0) is 161 Å². The van der Waals surface area contributed by atoms with E-state index in [1.807, 2.05) is 0 Å². The van der Waals surface area contributed by atoms with Crippen molar-refractivity contribution >= 4 is 5.78 Å². The monoisotopic (exact) mass is 676 g/mol. The minimum atomic E-state index is -0.0478. The molecule has 11 atom stereocenters. The van der Waals surface area contributed by atoms with Crippen molar-refractivity contribution in [1.82, 2.24) is 9.80 Å². The molecule has 0 spiro atoms. The topological polar surface area (TPSA) is 43.8 Å². The number of carbonyl (C=O) groups excluding carboxylic acids is 1. The number of benzene rings is 2. The van der Waals surface area contributed by atoms with E-state index in [0.29, 0.717) is 29.6 Å². The lowest BCUT2D eigenvalue weighted by Crippen LogP contribution is -2.63.